The fraction of sp³-hybridized carbons (Fsp3) is 0.138. The van der Waals surface area contributed by atoms with Crippen molar-refractivity contribution in [1.29, 1.82) is 0 Å². The van der Waals surface area contributed by atoms with E-state index in [-0.39, 0.29) is 15.5 Å². The number of halogens is 1. The van der Waals surface area contributed by atoms with Gasteiger partial charge in [-0.2, -0.15) is 0 Å². The van der Waals surface area contributed by atoms with Gasteiger partial charge in [-0.05, 0) is 80.4 Å². The van der Waals surface area contributed by atoms with Crippen molar-refractivity contribution < 1.29 is 13.2 Å². The number of aromatic nitrogens is 1. The number of hydrogen-bond acceptors (Lipinski definition) is 3. The lowest BCUT2D eigenvalue weighted by Gasteiger charge is -2.14. The molecule has 0 saturated heterocycles. The molecule has 1 aromatic heterocycles. The molecule has 1 heterocycles. The van der Waals surface area contributed by atoms with Gasteiger partial charge in [0.15, 0.2) is 0 Å². The molecule has 37 heavy (non-hydrogen) atoms. The molecule has 0 bridgehead atoms. The molecule has 0 aliphatic rings. The molecule has 2 N–H and O–H groups in total. The molecule has 0 aliphatic carbocycles. The minimum Gasteiger partial charge on any atom is -0.341 e. The van der Waals surface area contributed by atoms with Gasteiger partial charge in [0.1, 0.15) is 4.90 Å². The second kappa shape index (κ2) is 9.57. The summed E-state index contributed by atoms with van der Waals surface area (Å²) >= 11 is 6.27. The summed E-state index contributed by atoms with van der Waals surface area (Å²) in [7, 11) is -4.03. The van der Waals surface area contributed by atoms with Crippen LogP contribution in [0.4, 0.5) is 11.4 Å². The molecule has 0 saturated carbocycles. The number of amides is 1. The number of nitrogens with zero attached hydrogens (tertiary/aromatic N) is 1. The van der Waals surface area contributed by atoms with Crippen molar-refractivity contribution in [1.82, 2.24) is 4.57 Å². The van der Waals surface area contributed by atoms with Crippen LogP contribution in [0.2, 0.25) is 5.02 Å². The van der Waals surface area contributed by atoms with Crippen LogP contribution in [-0.2, 0) is 16.6 Å². The number of aryl methyl sites for hydroxylation is 2. The summed E-state index contributed by atoms with van der Waals surface area (Å²) < 4.78 is 31.2. The maximum absolute atomic E-state index is 13.2. The van der Waals surface area contributed by atoms with E-state index in [0.717, 1.165) is 39.5 Å². The van der Waals surface area contributed by atoms with Crippen LogP contribution in [0.3, 0.4) is 0 Å². The number of sulfonamides is 1. The predicted molar refractivity (Wildman–Crippen MR) is 151 cm³/mol. The Labute approximate surface area is 220 Å². The number of benzene rings is 4. The SMILES string of the molecule is CCn1c2ccccc2c2cc(NC(=O)c3ccc(Cl)c(S(=O)(=O)Nc4cccc(C)c4C)c3)ccc21. The normalized spacial score (nSPS) is 11.7. The van der Waals surface area contributed by atoms with E-state index in [4.69, 9.17) is 11.6 Å². The molecular formula is C29H26ClN3O3S. The lowest BCUT2D eigenvalue weighted by atomic mass is 10.1. The third kappa shape index (κ3) is 4.56. The van der Waals surface area contributed by atoms with Crippen LogP contribution in [0, 0.1) is 13.8 Å². The monoisotopic (exact) mass is 531 g/mol. The second-order valence-electron chi connectivity index (χ2n) is 8.95. The molecule has 4 aromatic carbocycles. The van der Waals surface area contributed by atoms with E-state index >= 15 is 0 Å². The first kappa shape index (κ1) is 24.9. The summed E-state index contributed by atoms with van der Waals surface area (Å²) in [5, 5.41) is 5.07. The summed E-state index contributed by atoms with van der Waals surface area (Å²) in [6.07, 6.45) is 0. The maximum Gasteiger partial charge on any atom is 0.263 e. The van der Waals surface area contributed by atoms with Gasteiger partial charge in [0.25, 0.3) is 15.9 Å². The van der Waals surface area contributed by atoms with Crippen LogP contribution in [-0.4, -0.2) is 18.9 Å². The van der Waals surface area contributed by atoms with E-state index in [0.29, 0.717) is 11.4 Å². The summed E-state index contributed by atoms with van der Waals surface area (Å²) in [6.45, 7) is 6.67. The molecule has 5 rings (SSSR count). The molecule has 0 fully saturated rings. The molecule has 1 amide bonds. The second-order valence-corrected chi connectivity index (χ2v) is 11.0. The molecule has 8 heteroatoms. The number of hydrogen-bond donors (Lipinski definition) is 2. The Morgan fingerprint density at radius 2 is 1.65 bits per heavy atom. The van der Waals surface area contributed by atoms with Crippen molar-refractivity contribution >= 4 is 60.7 Å². The van der Waals surface area contributed by atoms with Gasteiger partial charge in [-0.1, -0.05) is 41.9 Å². The first-order valence-electron chi connectivity index (χ1n) is 11.9. The zero-order valence-corrected chi connectivity index (χ0v) is 22.2. The summed E-state index contributed by atoms with van der Waals surface area (Å²) in [5.41, 5.74) is 5.25. The van der Waals surface area contributed by atoms with Crippen LogP contribution in [0.5, 0.6) is 0 Å². The number of nitrogens with one attached hydrogen (secondary N) is 2. The molecule has 5 aromatic rings. The van der Waals surface area contributed by atoms with E-state index in [2.05, 4.69) is 33.7 Å². The largest absolute Gasteiger partial charge is 0.341 e. The van der Waals surface area contributed by atoms with Crippen molar-refractivity contribution in [3.63, 3.8) is 0 Å². The van der Waals surface area contributed by atoms with Gasteiger partial charge in [0.2, 0.25) is 0 Å². The van der Waals surface area contributed by atoms with Crippen molar-refractivity contribution in [2.75, 3.05) is 10.0 Å². The Bertz CT molecular complexity index is 1790. The van der Waals surface area contributed by atoms with E-state index in [9.17, 15) is 13.2 Å². The minimum absolute atomic E-state index is 0.0307. The van der Waals surface area contributed by atoms with Gasteiger partial charge in [-0.15, -0.1) is 0 Å². The Morgan fingerprint density at radius 1 is 0.892 bits per heavy atom. The quantitative estimate of drug-likeness (QED) is 0.244. The Hall–Kier alpha value is -3.81. The summed E-state index contributed by atoms with van der Waals surface area (Å²) in [6, 6.07) is 23.5. The average Bonchev–Trinajstić information content (AvgIpc) is 3.19. The van der Waals surface area contributed by atoms with Gasteiger partial charge >= 0.3 is 0 Å². The molecule has 0 aliphatic heterocycles. The number of carbonyl (C=O) groups is 1. The molecule has 0 atom stereocenters. The van der Waals surface area contributed by atoms with Crippen molar-refractivity contribution in [3.05, 3.63) is 101 Å². The number of anilines is 2. The fourth-order valence-corrected chi connectivity index (χ4v) is 6.24. The zero-order chi connectivity index (χ0) is 26.3. The molecule has 188 valence electrons. The van der Waals surface area contributed by atoms with Gasteiger partial charge < -0.3 is 9.88 Å². The number of carbonyl (C=O) groups excluding carboxylic acids is 1. The average molecular weight is 532 g/mol. The predicted octanol–water partition coefficient (Wildman–Crippen LogP) is 7.14. The Balaban J connectivity index is 1.46. The highest BCUT2D eigenvalue weighted by molar-refractivity contribution is 7.92. The standard InChI is InChI=1S/C29H26ClN3O3S/c1-4-33-26-11-6-5-9-22(26)23-17-21(13-15-27(23)33)31-29(34)20-12-14-24(30)28(16-20)37(35,36)32-25-10-7-8-18(2)19(25)3/h5-17,32H,4H2,1-3H3,(H,31,34). The highest BCUT2D eigenvalue weighted by Gasteiger charge is 2.22. The number of para-hydroxylation sites is 1. The lowest BCUT2D eigenvalue weighted by molar-refractivity contribution is 0.102. The minimum atomic E-state index is -4.03. The third-order valence-electron chi connectivity index (χ3n) is 6.68. The maximum atomic E-state index is 13.2. The third-order valence-corrected chi connectivity index (χ3v) is 8.53. The fourth-order valence-electron chi connectivity index (χ4n) is 4.59. The first-order chi connectivity index (χ1) is 17.7. The number of rotatable bonds is 6. The van der Waals surface area contributed by atoms with Crippen LogP contribution in [0.25, 0.3) is 21.8 Å². The number of fused-ring (bicyclic) bond motifs is 3. The lowest BCUT2D eigenvalue weighted by Crippen LogP contribution is -2.17. The Kier molecular flexibility index (Phi) is 6.43. The van der Waals surface area contributed by atoms with Crippen LogP contribution >= 0.6 is 11.6 Å². The van der Waals surface area contributed by atoms with Gasteiger partial charge in [0, 0.05) is 39.6 Å². The van der Waals surface area contributed by atoms with Crippen molar-refractivity contribution in [2.24, 2.45) is 0 Å². The van der Waals surface area contributed by atoms with Crippen molar-refractivity contribution in [2.45, 2.75) is 32.2 Å². The smallest absolute Gasteiger partial charge is 0.263 e. The molecule has 0 unspecified atom stereocenters. The van der Waals surface area contributed by atoms with Gasteiger partial charge in [-0.25, -0.2) is 8.42 Å². The molecular weight excluding hydrogens is 506 g/mol. The van der Waals surface area contributed by atoms with Gasteiger partial charge in [-0.3, -0.25) is 9.52 Å². The summed E-state index contributed by atoms with van der Waals surface area (Å²) in [4.78, 5) is 13.0. The van der Waals surface area contributed by atoms with Crippen molar-refractivity contribution in [3.8, 4) is 0 Å². The van der Waals surface area contributed by atoms with E-state index in [1.165, 1.54) is 18.2 Å². The van der Waals surface area contributed by atoms with E-state index < -0.39 is 15.9 Å². The molecule has 0 radical (unpaired) electrons. The van der Waals surface area contributed by atoms with Crippen LogP contribution in [0.1, 0.15) is 28.4 Å². The van der Waals surface area contributed by atoms with Crippen LogP contribution in [0.15, 0.2) is 83.8 Å². The van der Waals surface area contributed by atoms with Crippen LogP contribution < -0.4 is 10.0 Å². The topological polar surface area (TPSA) is 80.2 Å². The highest BCUT2D eigenvalue weighted by atomic mass is 35.5. The van der Waals surface area contributed by atoms with Gasteiger partial charge in [0.05, 0.1) is 10.7 Å². The Morgan fingerprint density at radius 3 is 2.43 bits per heavy atom. The zero-order valence-electron chi connectivity index (χ0n) is 20.7. The van der Waals surface area contributed by atoms with E-state index in [1.54, 1.807) is 12.1 Å². The van der Waals surface area contributed by atoms with E-state index in [1.807, 2.05) is 50.2 Å². The first-order valence-corrected chi connectivity index (χ1v) is 13.8. The molecule has 6 nitrogen and oxygen atoms in total. The molecule has 0 spiro atoms. The highest BCUT2D eigenvalue weighted by Crippen LogP contribution is 2.32. The summed E-state index contributed by atoms with van der Waals surface area (Å²) in [5.74, 6) is -0.432.